The normalized spacial score (nSPS) is 27.8. The van der Waals surface area contributed by atoms with Crippen LogP contribution in [-0.4, -0.2) is 28.3 Å². The molecule has 4 amide bonds. The highest BCUT2D eigenvalue weighted by atomic mass is 16.2. The molecule has 0 bridgehead atoms. The molecule has 5 heteroatoms. The van der Waals surface area contributed by atoms with Crippen molar-refractivity contribution in [3.8, 4) is 0 Å². The predicted octanol–water partition coefficient (Wildman–Crippen LogP) is 0.253. The van der Waals surface area contributed by atoms with Crippen LogP contribution in [0.25, 0.3) is 0 Å². The fourth-order valence-electron chi connectivity index (χ4n) is 1.42. The Bertz CT molecular complexity index is 287. The van der Waals surface area contributed by atoms with Crippen LogP contribution in [0.5, 0.6) is 0 Å². The van der Waals surface area contributed by atoms with Gasteiger partial charge >= 0.3 is 6.03 Å². The van der Waals surface area contributed by atoms with Gasteiger partial charge in [-0.25, -0.2) is 9.69 Å². The van der Waals surface area contributed by atoms with E-state index in [-0.39, 0.29) is 0 Å². The number of imide groups is 2. The second kappa shape index (κ2) is 2.83. The van der Waals surface area contributed by atoms with Gasteiger partial charge < -0.3 is 0 Å². The smallest absolute Gasteiger partial charge is 0.275 e. The molecule has 0 spiro atoms. The number of rotatable bonds is 1. The third-order valence-corrected chi connectivity index (χ3v) is 2.41. The molecule has 5 nitrogen and oxygen atoms in total. The monoisotopic (exact) mass is 184 g/mol. The Hall–Kier alpha value is -1.39. The summed E-state index contributed by atoms with van der Waals surface area (Å²) >= 11 is 0. The molecule has 1 N–H and O–H groups in total. The molecule has 1 atom stereocenters. The summed E-state index contributed by atoms with van der Waals surface area (Å²) in [6.07, 6.45) is 0.421. The molecule has 13 heavy (non-hydrogen) atoms. The molecule has 1 saturated heterocycles. The first-order chi connectivity index (χ1) is 5.93. The zero-order chi connectivity index (χ0) is 10.2. The van der Waals surface area contributed by atoms with E-state index in [9.17, 15) is 14.4 Å². The van der Waals surface area contributed by atoms with Crippen molar-refractivity contribution in [3.63, 3.8) is 0 Å². The first-order valence-corrected chi connectivity index (χ1v) is 4.09. The van der Waals surface area contributed by atoms with Crippen LogP contribution in [0.15, 0.2) is 0 Å². The van der Waals surface area contributed by atoms with Crippen LogP contribution in [0, 0.1) is 0 Å². The lowest BCUT2D eigenvalue weighted by Gasteiger charge is -2.27. The van der Waals surface area contributed by atoms with E-state index in [1.807, 2.05) is 0 Å². The largest absolute Gasteiger partial charge is 0.331 e. The molecule has 0 aliphatic carbocycles. The first-order valence-electron chi connectivity index (χ1n) is 4.09. The standard InChI is InChI=1S/C8H12N2O3/c1-4-8(3)6(12)9-7(13)10(8)5(2)11/h4H2,1-3H3,(H,9,12,13). The molecular weight excluding hydrogens is 172 g/mol. The van der Waals surface area contributed by atoms with Gasteiger partial charge in [0.15, 0.2) is 0 Å². The van der Waals surface area contributed by atoms with Crippen molar-refractivity contribution in [3.05, 3.63) is 0 Å². The zero-order valence-electron chi connectivity index (χ0n) is 7.88. The summed E-state index contributed by atoms with van der Waals surface area (Å²) in [5.41, 5.74) is -1.01. The molecule has 0 aromatic rings. The van der Waals surface area contributed by atoms with Crippen LogP contribution < -0.4 is 5.32 Å². The minimum absolute atomic E-state index is 0.407. The van der Waals surface area contributed by atoms with Crippen LogP contribution in [0.4, 0.5) is 4.79 Å². The maximum absolute atomic E-state index is 11.3. The zero-order valence-corrected chi connectivity index (χ0v) is 7.88. The molecule has 0 radical (unpaired) electrons. The highest BCUT2D eigenvalue weighted by Gasteiger charge is 2.49. The second-order valence-corrected chi connectivity index (χ2v) is 3.24. The van der Waals surface area contributed by atoms with E-state index in [1.54, 1.807) is 13.8 Å². The van der Waals surface area contributed by atoms with Gasteiger partial charge in [-0.05, 0) is 13.3 Å². The summed E-state index contributed by atoms with van der Waals surface area (Å²) in [5, 5.41) is 2.12. The van der Waals surface area contributed by atoms with Crippen LogP contribution >= 0.6 is 0 Å². The molecule has 1 aliphatic rings. The Morgan fingerprint density at radius 1 is 1.54 bits per heavy atom. The molecule has 1 fully saturated rings. The van der Waals surface area contributed by atoms with Gasteiger partial charge in [0.1, 0.15) is 5.54 Å². The van der Waals surface area contributed by atoms with Gasteiger partial charge in [0.2, 0.25) is 5.91 Å². The lowest BCUT2D eigenvalue weighted by atomic mass is 9.97. The van der Waals surface area contributed by atoms with Crippen molar-refractivity contribution < 1.29 is 14.4 Å². The fourth-order valence-corrected chi connectivity index (χ4v) is 1.42. The third kappa shape index (κ3) is 1.20. The highest BCUT2D eigenvalue weighted by Crippen LogP contribution is 2.24. The van der Waals surface area contributed by atoms with Crippen LogP contribution in [0.2, 0.25) is 0 Å². The van der Waals surface area contributed by atoms with Crippen molar-refractivity contribution >= 4 is 17.8 Å². The number of nitrogens with one attached hydrogen (secondary N) is 1. The van der Waals surface area contributed by atoms with E-state index in [0.717, 1.165) is 4.90 Å². The average molecular weight is 184 g/mol. The number of hydrogen-bond acceptors (Lipinski definition) is 3. The Balaban J connectivity index is 3.11. The van der Waals surface area contributed by atoms with Crippen molar-refractivity contribution in [2.75, 3.05) is 0 Å². The van der Waals surface area contributed by atoms with Crippen molar-refractivity contribution in [1.29, 1.82) is 0 Å². The van der Waals surface area contributed by atoms with E-state index in [1.165, 1.54) is 6.92 Å². The Morgan fingerprint density at radius 3 is 2.38 bits per heavy atom. The number of amides is 4. The van der Waals surface area contributed by atoms with Crippen molar-refractivity contribution in [1.82, 2.24) is 10.2 Å². The van der Waals surface area contributed by atoms with Crippen LogP contribution in [0.3, 0.4) is 0 Å². The molecule has 0 aromatic heterocycles. The molecule has 0 saturated carbocycles. The summed E-state index contributed by atoms with van der Waals surface area (Å²) in [5.74, 6) is -0.817. The van der Waals surface area contributed by atoms with Crippen molar-refractivity contribution in [2.45, 2.75) is 32.7 Å². The van der Waals surface area contributed by atoms with Crippen LogP contribution in [0.1, 0.15) is 27.2 Å². The number of hydrogen-bond donors (Lipinski definition) is 1. The number of carbonyl (C=O) groups is 3. The van der Waals surface area contributed by atoms with Gasteiger partial charge in [-0.15, -0.1) is 0 Å². The quantitative estimate of drug-likeness (QED) is 0.594. The van der Waals surface area contributed by atoms with Gasteiger partial charge in [-0.2, -0.15) is 0 Å². The van der Waals surface area contributed by atoms with E-state index >= 15 is 0 Å². The number of nitrogens with zero attached hydrogens (tertiary/aromatic N) is 1. The molecule has 1 aliphatic heterocycles. The average Bonchev–Trinajstić information content (AvgIpc) is 2.24. The Kier molecular flexibility index (Phi) is 2.11. The van der Waals surface area contributed by atoms with E-state index in [2.05, 4.69) is 5.32 Å². The van der Waals surface area contributed by atoms with Crippen molar-refractivity contribution in [2.24, 2.45) is 0 Å². The topological polar surface area (TPSA) is 66.5 Å². The SMILES string of the molecule is CCC1(C)C(=O)NC(=O)N1C(C)=O. The first kappa shape index (κ1) is 9.70. The maximum Gasteiger partial charge on any atom is 0.331 e. The maximum atomic E-state index is 11.3. The molecule has 1 unspecified atom stereocenters. The second-order valence-electron chi connectivity index (χ2n) is 3.24. The summed E-state index contributed by atoms with van der Waals surface area (Å²) in [4.78, 5) is 34.6. The number of urea groups is 1. The fraction of sp³-hybridized carbons (Fsp3) is 0.625. The summed E-state index contributed by atoms with van der Waals surface area (Å²) in [6, 6.07) is -0.623. The molecular formula is C8H12N2O3. The van der Waals surface area contributed by atoms with Crippen LogP contribution in [-0.2, 0) is 9.59 Å². The molecule has 1 heterocycles. The molecule has 72 valence electrons. The molecule has 1 rings (SSSR count). The van der Waals surface area contributed by atoms with Gasteiger partial charge in [-0.3, -0.25) is 14.9 Å². The van der Waals surface area contributed by atoms with E-state index in [0.29, 0.717) is 6.42 Å². The van der Waals surface area contributed by atoms with Gasteiger partial charge in [-0.1, -0.05) is 6.92 Å². The predicted molar refractivity (Wildman–Crippen MR) is 44.8 cm³/mol. The van der Waals surface area contributed by atoms with E-state index < -0.39 is 23.4 Å². The summed E-state index contributed by atoms with van der Waals surface area (Å²) < 4.78 is 0. The summed E-state index contributed by atoms with van der Waals surface area (Å²) in [7, 11) is 0. The van der Waals surface area contributed by atoms with Gasteiger partial charge in [0.25, 0.3) is 5.91 Å². The third-order valence-electron chi connectivity index (χ3n) is 2.41. The van der Waals surface area contributed by atoms with E-state index in [4.69, 9.17) is 0 Å². The lowest BCUT2D eigenvalue weighted by molar-refractivity contribution is -0.136. The summed E-state index contributed by atoms with van der Waals surface area (Å²) in [6.45, 7) is 4.61. The number of carbonyl (C=O) groups excluding carboxylic acids is 3. The minimum atomic E-state index is -1.01. The highest BCUT2D eigenvalue weighted by molar-refractivity contribution is 6.13. The Labute approximate surface area is 76.1 Å². The minimum Gasteiger partial charge on any atom is -0.275 e. The molecule has 0 aromatic carbocycles. The van der Waals surface area contributed by atoms with Gasteiger partial charge in [0, 0.05) is 6.92 Å². The lowest BCUT2D eigenvalue weighted by Crippen LogP contribution is -2.48. The van der Waals surface area contributed by atoms with Gasteiger partial charge in [0.05, 0.1) is 0 Å². The Morgan fingerprint density at radius 2 is 2.08 bits per heavy atom.